The van der Waals surface area contributed by atoms with Crippen molar-refractivity contribution < 1.29 is 9.90 Å². The van der Waals surface area contributed by atoms with E-state index in [0.717, 1.165) is 16.6 Å². The maximum absolute atomic E-state index is 13.5. The van der Waals surface area contributed by atoms with Crippen molar-refractivity contribution >= 4 is 40.2 Å². The van der Waals surface area contributed by atoms with E-state index >= 15 is 0 Å². The Morgan fingerprint density at radius 2 is 1.87 bits per heavy atom. The Kier molecular flexibility index (Phi) is 4.64. The molecule has 3 N–H and O–H groups in total. The number of nitrogens with one attached hydrogen (secondary N) is 2. The summed E-state index contributed by atoms with van der Waals surface area (Å²) < 4.78 is 1.98. The van der Waals surface area contributed by atoms with Crippen molar-refractivity contribution in [2.75, 3.05) is 10.6 Å². The van der Waals surface area contributed by atoms with Crippen molar-refractivity contribution in [2.24, 2.45) is 0 Å². The number of carbonyl (C=O) groups is 1. The molecule has 2 heterocycles. The number of allylic oxidation sites excluding steroid dienone is 1. The summed E-state index contributed by atoms with van der Waals surface area (Å²) in [5, 5.41) is 16.8. The molecule has 0 saturated carbocycles. The van der Waals surface area contributed by atoms with Crippen LogP contribution in [0.1, 0.15) is 18.5 Å². The van der Waals surface area contributed by atoms with E-state index in [0.29, 0.717) is 27.9 Å². The van der Waals surface area contributed by atoms with Gasteiger partial charge in [-0.25, -0.2) is 4.98 Å². The molecule has 154 valence electrons. The Labute approximate surface area is 183 Å². The molecular weight excluding hydrogens is 412 g/mol. The highest BCUT2D eigenvalue weighted by atomic mass is 35.5. The number of aromatic hydroxyl groups is 1. The van der Waals surface area contributed by atoms with Crippen LogP contribution in [0.4, 0.5) is 11.6 Å². The molecule has 1 aliphatic rings. The third-order valence-electron chi connectivity index (χ3n) is 5.38. The van der Waals surface area contributed by atoms with Gasteiger partial charge in [-0.1, -0.05) is 48.0 Å². The number of rotatable bonds is 3. The number of aromatic nitrogens is 2. The third-order valence-corrected chi connectivity index (χ3v) is 5.71. The zero-order valence-corrected chi connectivity index (χ0v) is 17.4. The number of benzene rings is 3. The van der Waals surface area contributed by atoms with Crippen LogP contribution in [0.2, 0.25) is 5.02 Å². The summed E-state index contributed by atoms with van der Waals surface area (Å²) in [5.41, 5.74) is 4.20. The molecule has 0 radical (unpaired) electrons. The van der Waals surface area contributed by atoms with Crippen LogP contribution in [0.5, 0.6) is 5.75 Å². The van der Waals surface area contributed by atoms with Gasteiger partial charge < -0.3 is 15.7 Å². The Morgan fingerprint density at radius 3 is 2.68 bits per heavy atom. The van der Waals surface area contributed by atoms with Crippen molar-refractivity contribution in [3.63, 3.8) is 0 Å². The summed E-state index contributed by atoms with van der Waals surface area (Å²) in [5.74, 6) is 0.488. The fourth-order valence-corrected chi connectivity index (χ4v) is 4.20. The highest BCUT2D eigenvalue weighted by molar-refractivity contribution is 6.33. The van der Waals surface area contributed by atoms with Crippen molar-refractivity contribution in [1.82, 2.24) is 9.55 Å². The molecule has 0 spiro atoms. The molecule has 0 bridgehead atoms. The van der Waals surface area contributed by atoms with E-state index in [1.165, 1.54) is 0 Å². The van der Waals surface area contributed by atoms with E-state index in [9.17, 15) is 9.90 Å². The number of phenols is 1. The summed E-state index contributed by atoms with van der Waals surface area (Å²) in [6.07, 6.45) is 0. The highest BCUT2D eigenvalue weighted by Gasteiger charge is 2.34. The Bertz CT molecular complexity index is 1360. The van der Waals surface area contributed by atoms with E-state index in [1.807, 2.05) is 54.0 Å². The number of hydrogen-bond donors (Lipinski definition) is 3. The van der Waals surface area contributed by atoms with Gasteiger partial charge in [0.25, 0.3) is 5.91 Å². The minimum Gasteiger partial charge on any atom is -0.508 e. The second-order valence-electron chi connectivity index (χ2n) is 7.39. The van der Waals surface area contributed by atoms with Crippen molar-refractivity contribution in [2.45, 2.75) is 13.0 Å². The lowest BCUT2D eigenvalue weighted by Crippen LogP contribution is -2.31. The molecule has 0 fully saturated rings. The Hall–Kier alpha value is -3.77. The van der Waals surface area contributed by atoms with Gasteiger partial charge in [-0.05, 0) is 48.9 Å². The van der Waals surface area contributed by atoms with Crippen LogP contribution in [0, 0.1) is 0 Å². The summed E-state index contributed by atoms with van der Waals surface area (Å²) in [6, 6.07) is 21.3. The largest absolute Gasteiger partial charge is 0.508 e. The van der Waals surface area contributed by atoms with Crippen molar-refractivity contribution in [1.29, 1.82) is 0 Å². The molecule has 0 unspecified atom stereocenters. The first-order valence-electron chi connectivity index (χ1n) is 9.82. The molecule has 7 heteroatoms. The molecule has 5 rings (SSSR count). The van der Waals surface area contributed by atoms with Gasteiger partial charge in [0.05, 0.1) is 33.4 Å². The molecule has 1 amide bonds. The fourth-order valence-electron chi connectivity index (χ4n) is 4.02. The van der Waals surface area contributed by atoms with E-state index in [4.69, 9.17) is 16.6 Å². The normalized spacial score (nSPS) is 15.5. The van der Waals surface area contributed by atoms with Gasteiger partial charge in [0.2, 0.25) is 5.95 Å². The minimum atomic E-state index is -0.488. The third kappa shape index (κ3) is 3.31. The fraction of sp³-hybridized carbons (Fsp3) is 0.0833. The number of imidazole rings is 1. The zero-order chi connectivity index (χ0) is 21.5. The monoisotopic (exact) mass is 430 g/mol. The summed E-state index contributed by atoms with van der Waals surface area (Å²) in [7, 11) is 0. The SMILES string of the molecule is CC1=C(C(=O)Nc2ccccc2Cl)[C@@H](c2cccc(O)c2)n2c(nc3ccccc32)N1. The van der Waals surface area contributed by atoms with Crippen LogP contribution in [0.15, 0.2) is 84.1 Å². The zero-order valence-electron chi connectivity index (χ0n) is 16.6. The number of halogens is 1. The van der Waals surface area contributed by atoms with Crippen LogP contribution in [-0.2, 0) is 4.79 Å². The van der Waals surface area contributed by atoms with E-state index in [-0.39, 0.29) is 11.7 Å². The van der Waals surface area contributed by atoms with Crippen LogP contribution >= 0.6 is 11.6 Å². The number of anilines is 2. The smallest absolute Gasteiger partial charge is 0.255 e. The average Bonchev–Trinajstić information content (AvgIpc) is 3.12. The van der Waals surface area contributed by atoms with Gasteiger partial charge in [0.1, 0.15) is 5.75 Å². The Balaban J connectivity index is 1.68. The van der Waals surface area contributed by atoms with Crippen LogP contribution in [0.25, 0.3) is 11.0 Å². The number of carbonyl (C=O) groups excluding carboxylic acids is 1. The molecule has 6 nitrogen and oxygen atoms in total. The maximum Gasteiger partial charge on any atom is 0.255 e. The predicted molar refractivity (Wildman–Crippen MR) is 122 cm³/mol. The number of amides is 1. The minimum absolute atomic E-state index is 0.130. The maximum atomic E-state index is 13.5. The standard InChI is InChI=1S/C24H19ClN4O2/c1-14-21(23(31)27-18-10-3-2-9-17(18)25)22(15-7-6-8-16(30)13-15)29-20-12-5-4-11-19(20)28-24(29)26-14/h2-13,22,30H,1H3,(H,26,28)(H,27,31)/t22-/m1/s1. The van der Waals surface area contributed by atoms with Crippen LogP contribution in [-0.4, -0.2) is 20.6 Å². The van der Waals surface area contributed by atoms with Crippen molar-refractivity contribution in [3.05, 3.63) is 94.7 Å². The molecule has 1 aliphatic heterocycles. The average molecular weight is 431 g/mol. The van der Waals surface area contributed by atoms with Crippen LogP contribution in [0.3, 0.4) is 0 Å². The van der Waals surface area contributed by atoms with Gasteiger partial charge in [-0.3, -0.25) is 9.36 Å². The molecule has 1 aromatic heterocycles. The van der Waals surface area contributed by atoms with E-state index < -0.39 is 6.04 Å². The second kappa shape index (κ2) is 7.49. The van der Waals surface area contributed by atoms with Gasteiger partial charge in [0.15, 0.2) is 0 Å². The van der Waals surface area contributed by atoms with E-state index in [1.54, 1.807) is 30.3 Å². The molecule has 3 aromatic carbocycles. The lowest BCUT2D eigenvalue weighted by Gasteiger charge is -2.30. The Morgan fingerprint density at radius 1 is 1.10 bits per heavy atom. The van der Waals surface area contributed by atoms with Gasteiger partial charge in [0, 0.05) is 5.70 Å². The first kappa shape index (κ1) is 19.2. The molecule has 31 heavy (non-hydrogen) atoms. The first-order valence-corrected chi connectivity index (χ1v) is 10.2. The molecule has 1 atom stereocenters. The summed E-state index contributed by atoms with van der Waals surface area (Å²) >= 11 is 6.26. The van der Waals surface area contributed by atoms with Crippen molar-refractivity contribution in [3.8, 4) is 5.75 Å². The molecule has 4 aromatic rings. The molecule has 0 saturated heterocycles. The lowest BCUT2D eigenvalue weighted by atomic mass is 9.94. The van der Waals surface area contributed by atoms with E-state index in [2.05, 4.69) is 10.6 Å². The second-order valence-corrected chi connectivity index (χ2v) is 7.80. The molecular formula is C24H19ClN4O2. The number of phenolic OH excluding ortho intramolecular Hbond substituents is 1. The topological polar surface area (TPSA) is 79.2 Å². The number of nitrogens with zero attached hydrogens (tertiary/aromatic N) is 2. The van der Waals surface area contributed by atoms with Crippen LogP contribution < -0.4 is 10.6 Å². The predicted octanol–water partition coefficient (Wildman–Crippen LogP) is 5.32. The number of fused-ring (bicyclic) bond motifs is 3. The summed E-state index contributed by atoms with van der Waals surface area (Å²) in [6.45, 7) is 1.85. The number of para-hydroxylation sites is 3. The highest BCUT2D eigenvalue weighted by Crippen LogP contribution is 2.40. The quantitative estimate of drug-likeness (QED) is 0.411. The van der Waals surface area contributed by atoms with Gasteiger partial charge >= 0.3 is 0 Å². The molecule has 0 aliphatic carbocycles. The summed E-state index contributed by atoms with van der Waals surface area (Å²) in [4.78, 5) is 18.2. The van der Waals surface area contributed by atoms with Gasteiger partial charge in [-0.2, -0.15) is 0 Å². The lowest BCUT2D eigenvalue weighted by molar-refractivity contribution is -0.113. The first-order chi connectivity index (χ1) is 15.0. The van der Waals surface area contributed by atoms with Gasteiger partial charge in [-0.15, -0.1) is 0 Å². The number of hydrogen-bond acceptors (Lipinski definition) is 4.